The predicted molar refractivity (Wildman–Crippen MR) is 83.8 cm³/mol. The maximum absolute atomic E-state index is 12.5. The van der Waals surface area contributed by atoms with E-state index in [0.717, 1.165) is 6.07 Å². The van der Waals surface area contributed by atoms with Gasteiger partial charge in [0, 0.05) is 10.6 Å². The van der Waals surface area contributed by atoms with Gasteiger partial charge in [-0.2, -0.15) is 18.2 Å². The summed E-state index contributed by atoms with van der Waals surface area (Å²) in [6, 6.07) is 8.44. The summed E-state index contributed by atoms with van der Waals surface area (Å²) in [4.78, 5) is 4.25. The molecule has 0 saturated heterocycles. The van der Waals surface area contributed by atoms with Crippen LogP contribution in [0.15, 0.2) is 40.9 Å². The van der Waals surface area contributed by atoms with Crippen LogP contribution in [0.1, 0.15) is 24.5 Å². The van der Waals surface area contributed by atoms with E-state index in [0.29, 0.717) is 22.3 Å². The number of benzene rings is 1. The van der Waals surface area contributed by atoms with Gasteiger partial charge in [-0.25, -0.2) is 0 Å². The van der Waals surface area contributed by atoms with Crippen LogP contribution in [0.5, 0.6) is 0 Å². The van der Waals surface area contributed by atoms with E-state index in [9.17, 15) is 13.2 Å². The van der Waals surface area contributed by atoms with Crippen molar-refractivity contribution in [2.45, 2.75) is 19.1 Å². The van der Waals surface area contributed by atoms with Gasteiger partial charge < -0.3 is 9.84 Å². The summed E-state index contributed by atoms with van der Waals surface area (Å²) < 4.78 is 42.6. The smallest absolute Gasteiger partial charge is 0.359 e. The molecule has 1 aromatic carbocycles. The van der Waals surface area contributed by atoms with Gasteiger partial charge in [0.25, 0.3) is 5.89 Å². The SMILES string of the molecule is CC(Nc1ccc(C(F)(F)F)nn1)c1noc(-c2ccc(Cl)cc2)n1. The fourth-order valence-electron chi connectivity index (χ4n) is 1.97. The Morgan fingerprint density at radius 2 is 1.80 bits per heavy atom. The molecule has 0 radical (unpaired) electrons. The highest BCUT2D eigenvalue weighted by molar-refractivity contribution is 6.30. The lowest BCUT2D eigenvalue weighted by Crippen LogP contribution is -2.13. The van der Waals surface area contributed by atoms with Crippen molar-refractivity contribution < 1.29 is 17.7 Å². The van der Waals surface area contributed by atoms with E-state index in [4.69, 9.17) is 16.1 Å². The summed E-state index contributed by atoms with van der Waals surface area (Å²) in [5.41, 5.74) is -0.361. The van der Waals surface area contributed by atoms with E-state index in [1.165, 1.54) is 6.07 Å². The summed E-state index contributed by atoms with van der Waals surface area (Å²) in [5, 5.41) is 14.0. The van der Waals surface area contributed by atoms with Crippen molar-refractivity contribution in [2.75, 3.05) is 5.32 Å². The first-order valence-electron chi connectivity index (χ1n) is 7.10. The van der Waals surface area contributed by atoms with Crippen molar-refractivity contribution in [3.8, 4) is 11.5 Å². The monoisotopic (exact) mass is 369 g/mol. The van der Waals surface area contributed by atoms with Crippen molar-refractivity contribution >= 4 is 17.4 Å². The van der Waals surface area contributed by atoms with Gasteiger partial charge in [0.15, 0.2) is 11.5 Å². The standard InChI is InChI=1S/C15H11ClF3N5O/c1-8(20-12-7-6-11(22-23-12)15(17,18)19)13-21-14(25-24-13)9-2-4-10(16)5-3-9/h2-8H,1H3,(H,20,23). The molecule has 3 rings (SSSR count). The molecule has 0 spiro atoms. The highest BCUT2D eigenvalue weighted by Gasteiger charge is 2.33. The number of aromatic nitrogens is 4. The van der Waals surface area contributed by atoms with Crippen molar-refractivity contribution in [1.29, 1.82) is 0 Å². The molecule has 1 unspecified atom stereocenters. The normalized spacial score (nSPS) is 12.8. The number of hydrogen-bond donors (Lipinski definition) is 1. The average Bonchev–Trinajstić information content (AvgIpc) is 3.05. The number of nitrogens with zero attached hydrogens (tertiary/aromatic N) is 4. The molecule has 3 aromatic rings. The molecule has 0 bridgehead atoms. The summed E-state index contributed by atoms with van der Waals surface area (Å²) in [6.45, 7) is 1.72. The first kappa shape index (κ1) is 17.2. The molecule has 0 amide bonds. The number of nitrogens with one attached hydrogen (secondary N) is 1. The van der Waals surface area contributed by atoms with Crippen molar-refractivity contribution in [1.82, 2.24) is 20.3 Å². The topological polar surface area (TPSA) is 76.7 Å². The second-order valence-electron chi connectivity index (χ2n) is 5.13. The Kier molecular flexibility index (Phi) is 4.58. The molecule has 10 heteroatoms. The van der Waals surface area contributed by atoms with Crippen LogP contribution in [-0.4, -0.2) is 20.3 Å². The Hall–Kier alpha value is -2.68. The highest BCUT2D eigenvalue weighted by atomic mass is 35.5. The molecule has 0 aliphatic carbocycles. The highest BCUT2D eigenvalue weighted by Crippen LogP contribution is 2.27. The number of hydrogen-bond acceptors (Lipinski definition) is 6. The Morgan fingerprint density at radius 3 is 2.40 bits per heavy atom. The van der Waals surface area contributed by atoms with Gasteiger partial charge in [-0.1, -0.05) is 16.8 Å². The minimum absolute atomic E-state index is 0.165. The lowest BCUT2D eigenvalue weighted by atomic mass is 10.2. The Balaban J connectivity index is 1.71. The van der Waals surface area contributed by atoms with Gasteiger partial charge >= 0.3 is 6.18 Å². The Labute approximate surface area is 145 Å². The molecule has 130 valence electrons. The van der Waals surface area contributed by atoms with Gasteiger partial charge in [0.05, 0.1) is 6.04 Å². The third-order valence-corrected chi connectivity index (χ3v) is 3.49. The Morgan fingerprint density at radius 1 is 1.08 bits per heavy atom. The summed E-state index contributed by atoms with van der Waals surface area (Å²) >= 11 is 5.82. The summed E-state index contributed by atoms with van der Waals surface area (Å²) in [5.74, 6) is 0.795. The second kappa shape index (κ2) is 6.67. The molecule has 6 nitrogen and oxygen atoms in total. The van der Waals surface area contributed by atoms with E-state index >= 15 is 0 Å². The lowest BCUT2D eigenvalue weighted by Gasteiger charge is -2.10. The minimum Gasteiger partial charge on any atom is -0.359 e. The fourth-order valence-corrected chi connectivity index (χ4v) is 2.09. The quantitative estimate of drug-likeness (QED) is 0.735. The second-order valence-corrected chi connectivity index (χ2v) is 5.57. The molecule has 25 heavy (non-hydrogen) atoms. The van der Waals surface area contributed by atoms with Gasteiger partial charge in [-0.15, -0.1) is 10.2 Å². The molecule has 0 saturated carbocycles. The largest absolute Gasteiger partial charge is 0.435 e. The zero-order chi connectivity index (χ0) is 18.0. The maximum Gasteiger partial charge on any atom is 0.435 e. The van der Waals surface area contributed by atoms with Gasteiger partial charge in [0.1, 0.15) is 5.82 Å². The van der Waals surface area contributed by atoms with Gasteiger partial charge in [0.2, 0.25) is 0 Å². The predicted octanol–water partition coefficient (Wildman–Crippen LogP) is 4.37. The van der Waals surface area contributed by atoms with Crippen LogP contribution in [0.4, 0.5) is 19.0 Å². The third kappa shape index (κ3) is 4.05. The van der Waals surface area contributed by atoms with Crippen molar-refractivity contribution in [3.05, 3.63) is 52.9 Å². The first-order valence-corrected chi connectivity index (χ1v) is 7.48. The molecule has 2 aromatic heterocycles. The third-order valence-electron chi connectivity index (χ3n) is 3.24. The van der Waals surface area contributed by atoms with E-state index in [1.807, 2.05) is 0 Å². The van der Waals surface area contributed by atoms with Crippen LogP contribution in [0, 0.1) is 0 Å². The Bertz CT molecular complexity index is 849. The van der Waals surface area contributed by atoms with Crippen molar-refractivity contribution in [3.63, 3.8) is 0 Å². The van der Waals surface area contributed by atoms with Crippen LogP contribution in [-0.2, 0) is 6.18 Å². The van der Waals surface area contributed by atoms with Crippen LogP contribution >= 0.6 is 11.6 Å². The molecule has 0 aliphatic heterocycles. The zero-order valence-corrected chi connectivity index (χ0v) is 13.5. The van der Waals surface area contributed by atoms with Crippen LogP contribution in [0.25, 0.3) is 11.5 Å². The van der Waals surface area contributed by atoms with Crippen LogP contribution in [0.3, 0.4) is 0 Å². The summed E-state index contributed by atoms with van der Waals surface area (Å²) in [6.07, 6.45) is -4.53. The number of alkyl halides is 3. The fraction of sp³-hybridized carbons (Fsp3) is 0.200. The maximum atomic E-state index is 12.5. The van der Waals surface area contributed by atoms with E-state index in [1.54, 1.807) is 31.2 Å². The van der Waals surface area contributed by atoms with E-state index < -0.39 is 17.9 Å². The molecule has 2 heterocycles. The minimum atomic E-state index is -4.53. The summed E-state index contributed by atoms with van der Waals surface area (Å²) in [7, 11) is 0. The van der Waals surface area contributed by atoms with Crippen molar-refractivity contribution in [2.24, 2.45) is 0 Å². The molecular formula is C15H11ClF3N5O. The lowest BCUT2D eigenvalue weighted by molar-refractivity contribution is -0.141. The van der Waals surface area contributed by atoms with Gasteiger partial charge in [-0.3, -0.25) is 0 Å². The first-order chi connectivity index (χ1) is 11.8. The zero-order valence-electron chi connectivity index (χ0n) is 12.8. The van der Waals surface area contributed by atoms with Crippen LogP contribution in [0.2, 0.25) is 5.02 Å². The number of rotatable bonds is 4. The molecule has 1 atom stereocenters. The van der Waals surface area contributed by atoms with E-state index in [2.05, 4.69) is 25.7 Å². The molecule has 0 fully saturated rings. The number of halogens is 4. The number of anilines is 1. The van der Waals surface area contributed by atoms with Crippen LogP contribution < -0.4 is 5.32 Å². The van der Waals surface area contributed by atoms with Gasteiger partial charge in [-0.05, 0) is 43.3 Å². The molecule has 0 aliphatic rings. The molecule has 1 N–H and O–H groups in total. The average molecular weight is 370 g/mol. The molecular weight excluding hydrogens is 359 g/mol. The van der Waals surface area contributed by atoms with E-state index in [-0.39, 0.29) is 5.82 Å².